The molecule has 0 saturated heterocycles. The molecule has 0 spiro atoms. The molecule has 3 nitrogen and oxygen atoms in total. The molecule has 3 heterocycles. The third-order valence-electron chi connectivity index (χ3n) is 3.49. The summed E-state index contributed by atoms with van der Waals surface area (Å²) in [7, 11) is 0. The molecule has 0 bridgehead atoms. The van der Waals surface area contributed by atoms with Crippen molar-refractivity contribution < 1.29 is 0 Å². The van der Waals surface area contributed by atoms with E-state index in [1.54, 1.807) is 22.7 Å². The number of nitrogens with zero attached hydrogens (tertiary/aromatic N) is 2. The summed E-state index contributed by atoms with van der Waals surface area (Å²) in [5.74, 6) is 0. The summed E-state index contributed by atoms with van der Waals surface area (Å²) in [6.07, 6.45) is 0. The molecule has 1 aromatic carbocycles. The van der Waals surface area contributed by atoms with Gasteiger partial charge in [-0.25, -0.2) is 0 Å². The zero-order chi connectivity index (χ0) is 14.4. The Bertz CT molecular complexity index is 856. The van der Waals surface area contributed by atoms with Crippen LogP contribution in [0, 0.1) is 13.8 Å². The normalized spacial score (nSPS) is 11.3. The number of nitrogens with one attached hydrogen (secondary N) is 1. The summed E-state index contributed by atoms with van der Waals surface area (Å²) >= 11 is 3.57. The zero-order valence-corrected chi connectivity index (χ0v) is 13.3. The number of hydrogen-bond donors (Lipinski definition) is 1. The molecule has 104 valence electrons. The second-order valence-electron chi connectivity index (χ2n) is 5.00. The molecule has 0 radical (unpaired) electrons. The Balaban J connectivity index is 1.96. The molecular formula is C16H13N3S2. The minimum Gasteiger partial charge on any atom is -0.197 e. The van der Waals surface area contributed by atoms with Gasteiger partial charge in [-0.3, -0.25) is 0 Å². The van der Waals surface area contributed by atoms with Crippen LogP contribution in [0.5, 0.6) is 0 Å². The lowest BCUT2D eigenvalue weighted by atomic mass is 10.1. The van der Waals surface area contributed by atoms with Crippen LogP contribution in [0.3, 0.4) is 0 Å². The fraction of sp³-hybridized carbons (Fsp3) is 0.125. The molecular weight excluding hydrogens is 298 g/mol. The number of aromatic amines is 1. The lowest BCUT2D eigenvalue weighted by molar-refractivity contribution is 0.960. The van der Waals surface area contributed by atoms with Crippen molar-refractivity contribution in [2.75, 3.05) is 0 Å². The van der Waals surface area contributed by atoms with Gasteiger partial charge < -0.3 is 0 Å². The van der Waals surface area contributed by atoms with Crippen molar-refractivity contribution in [1.82, 2.24) is 15.4 Å². The molecule has 0 amide bonds. The largest absolute Gasteiger partial charge is 0.197 e. The topological polar surface area (TPSA) is 41.6 Å². The van der Waals surface area contributed by atoms with Gasteiger partial charge in [0.1, 0.15) is 11.0 Å². The molecule has 3 aromatic heterocycles. The van der Waals surface area contributed by atoms with Crippen molar-refractivity contribution in [3.63, 3.8) is 0 Å². The molecule has 0 aliphatic carbocycles. The fourth-order valence-corrected chi connectivity index (χ4v) is 4.27. The second-order valence-corrected chi connectivity index (χ2v) is 7.58. The van der Waals surface area contributed by atoms with Crippen LogP contribution in [-0.2, 0) is 0 Å². The quantitative estimate of drug-likeness (QED) is 0.564. The van der Waals surface area contributed by atoms with Gasteiger partial charge in [-0.1, -0.05) is 12.1 Å². The van der Waals surface area contributed by atoms with E-state index in [0.29, 0.717) is 0 Å². The summed E-state index contributed by atoms with van der Waals surface area (Å²) in [5, 5.41) is 11.5. The van der Waals surface area contributed by atoms with Crippen LogP contribution in [-0.4, -0.2) is 15.4 Å². The zero-order valence-electron chi connectivity index (χ0n) is 11.7. The van der Waals surface area contributed by atoms with Crippen LogP contribution in [0.2, 0.25) is 0 Å². The summed E-state index contributed by atoms with van der Waals surface area (Å²) in [4.78, 5) is 5.08. The average molecular weight is 311 g/mol. The highest BCUT2D eigenvalue weighted by Gasteiger charge is 2.14. The minimum absolute atomic E-state index is 0.945. The number of benzene rings is 1. The third-order valence-corrected chi connectivity index (χ3v) is 5.55. The van der Waals surface area contributed by atoms with Gasteiger partial charge in [-0.05, 0) is 38.1 Å². The molecule has 5 heteroatoms. The SMILES string of the molecule is Cc1ccc(-c2ccc(-c3ccc(C)s3)c3n[nH]nc23)s1. The van der Waals surface area contributed by atoms with E-state index >= 15 is 0 Å². The number of rotatable bonds is 2. The van der Waals surface area contributed by atoms with Gasteiger partial charge in [-0.15, -0.1) is 22.7 Å². The van der Waals surface area contributed by atoms with E-state index in [4.69, 9.17) is 0 Å². The van der Waals surface area contributed by atoms with Crippen molar-refractivity contribution in [3.05, 3.63) is 46.2 Å². The predicted molar refractivity (Wildman–Crippen MR) is 90.0 cm³/mol. The smallest absolute Gasteiger partial charge is 0.122 e. The van der Waals surface area contributed by atoms with Crippen molar-refractivity contribution in [2.24, 2.45) is 0 Å². The maximum Gasteiger partial charge on any atom is 0.122 e. The Kier molecular flexibility index (Phi) is 2.90. The van der Waals surface area contributed by atoms with Crippen molar-refractivity contribution >= 4 is 33.7 Å². The second kappa shape index (κ2) is 4.79. The molecule has 21 heavy (non-hydrogen) atoms. The standard InChI is InChI=1S/C16H13N3S2/c1-9-3-7-13(20-9)11-5-6-12(14-8-4-10(2)21-14)16-15(11)17-19-18-16/h3-8H,1-2H3,(H,17,18,19). The highest BCUT2D eigenvalue weighted by atomic mass is 32.1. The van der Waals surface area contributed by atoms with E-state index < -0.39 is 0 Å². The predicted octanol–water partition coefficient (Wildman–Crippen LogP) is 5.03. The first-order valence-electron chi connectivity index (χ1n) is 6.69. The molecule has 0 unspecified atom stereocenters. The summed E-state index contributed by atoms with van der Waals surface area (Å²) < 4.78 is 0. The Morgan fingerprint density at radius 1 is 0.714 bits per heavy atom. The molecule has 1 N–H and O–H groups in total. The van der Waals surface area contributed by atoms with E-state index in [1.165, 1.54) is 19.5 Å². The lowest BCUT2D eigenvalue weighted by Gasteiger charge is -2.03. The van der Waals surface area contributed by atoms with Crippen LogP contribution in [0.25, 0.3) is 31.9 Å². The van der Waals surface area contributed by atoms with Gasteiger partial charge in [0.15, 0.2) is 0 Å². The highest BCUT2D eigenvalue weighted by molar-refractivity contribution is 7.16. The van der Waals surface area contributed by atoms with Crippen LogP contribution < -0.4 is 0 Å². The molecule has 4 rings (SSSR count). The molecule has 0 aliphatic heterocycles. The van der Waals surface area contributed by atoms with E-state index in [0.717, 1.165) is 22.2 Å². The number of fused-ring (bicyclic) bond motifs is 1. The number of H-pyrrole nitrogens is 1. The van der Waals surface area contributed by atoms with Crippen molar-refractivity contribution in [2.45, 2.75) is 13.8 Å². The van der Waals surface area contributed by atoms with E-state index in [2.05, 4.69) is 65.7 Å². The Morgan fingerprint density at radius 3 is 1.57 bits per heavy atom. The molecule has 0 saturated carbocycles. The van der Waals surface area contributed by atoms with Gasteiger partial charge in [-0.2, -0.15) is 15.4 Å². The highest BCUT2D eigenvalue weighted by Crippen LogP contribution is 2.38. The van der Waals surface area contributed by atoms with Crippen molar-refractivity contribution in [1.29, 1.82) is 0 Å². The van der Waals surface area contributed by atoms with Crippen molar-refractivity contribution in [3.8, 4) is 20.9 Å². The average Bonchev–Trinajstić information content (AvgIpc) is 3.18. The van der Waals surface area contributed by atoms with Crippen LogP contribution in [0.4, 0.5) is 0 Å². The van der Waals surface area contributed by atoms with Gasteiger partial charge in [0.2, 0.25) is 0 Å². The number of thiophene rings is 2. The summed E-state index contributed by atoms with van der Waals surface area (Å²) in [6.45, 7) is 4.24. The molecule has 0 aliphatic rings. The van der Waals surface area contributed by atoms with Crippen LogP contribution >= 0.6 is 22.7 Å². The third kappa shape index (κ3) is 2.09. The first-order chi connectivity index (χ1) is 10.2. The molecule has 4 aromatic rings. The van der Waals surface area contributed by atoms with E-state index in [-0.39, 0.29) is 0 Å². The maximum atomic E-state index is 4.37. The van der Waals surface area contributed by atoms with Gasteiger partial charge >= 0.3 is 0 Å². The maximum absolute atomic E-state index is 4.37. The Labute approximate surface area is 130 Å². The van der Waals surface area contributed by atoms with Crippen LogP contribution in [0.1, 0.15) is 9.75 Å². The Morgan fingerprint density at radius 2 is 1.19 bits per heavy atom. The molecule has 0 atom stereocenters. The first-order valence-corrected chi connectivity index (χ1v) is 8.33. The number of aryl methyl sites for hydroxylation is 2. The minimum atomic E-state index is 0.945. The van der Waals surface area contributed by atoms with Crippen LogP contribution in [0.15, 0.2) is 36.4 Å². The van der Waals surface area contributed by atoms with Gasteiger partial charge in [0.25, 0.3) is 0 Å². The molecule has 0 fully saturated rings. The first kappa shape index (κ1) is 12.7. The van der Waals surface area contributed by atoms with E-state index in [1.807, 2.05) is 0 Å². The summed E-state index contributed by atoms with van der Waals surface area (Å²) in [5.41, 5.74) is 4.18. The Hall–Kier alpha value is -1.98. The van der Waals surface area contributed by atoms with E-state index in [9.17, 15) is 0 Å². The number of hydrogen-bond acceptors (Lipinski definition) is 4. The van der Waals surface area contributed by atoms with Gasteiger partial charge in [0, 0.05) is 30.6 Å². The lowest BCUT2D eigenvalue weighted by Crippen LogP contribution is -1.81. The summed E-state index contributed by atoms with van der Waals surface area (Å²) in [6, 6.07) is 12.9. The monoisotopic (exact) mass is 311 g/mol. The fourth-order valence-electron chi connectivity index (χ4n) is 2.49. The van der Waals surface area contributed by atoms with Gasteiger partial charge in [0.05, 0.1) is 0 Å². The number of aromatic nitrogens is 3.